The van der Waals surface area contributed by atoms with Crippen LogP contribution in [0.15, 0.2) is 0 Å². The van der Waals surface area contributed by atoms with Crippen LogP contribution < -0.4 is 11.1 Å². The van der Waals surface area contributed by atoms with Gasteiger partial charge in [0, 0.05) is 13.7 Å². The summed E-state index contributed by atoms with van der Waals surface area (Å²) in [5.74, 6) is -1.39. The van der Waals surface area contributed by atoms with Crippen molar-refractivity contribution in [3.63, 3.8) is 0 Å². The molecule has 6 nitrogen and oxygen atoms in total. The molecule has 0 aliphatic heterocycles. The second-order valence-electron chi connectivity index (χ2n) is 3.16. The van der Waals surface area contributed by atoms with Crippen molar-refractivity contribution < 1.29 is 19.4 Å². The number of hydrogen-bond acceptors (Lipinski definition) is 4. The first-order valence-corrected chi connectivity index (χ1v) is 4.80. The molecule has 0 radical (unpaired) electrons. The topological polar surface area (TPSA) is 102 Å². The van der Waals surface area contributed by atoms with E-state index in [4.69, 9.17) is 15.6 Å². The molecule has 0 aliphatic rings. The smallest absolute Gasteiger partial charge is 0.326 e. The van der Waals surface area contributed by atoms with Gasteiger partial charge in [0.25, 0.3) is 0 Å². The Morgan fingerprint density at radius 1 is 1.53 bits per heavy atom. The highest BCUT2D eigenvalue weighted by atomic mass is 16.5. The molecule has 6 heteroatoms. The van der Waals surface area contributed by atoms with Crippen LogP contribution in [0.1, 0.15) is 19.8 Å². The molecular weight excluding hydrogens is 200 g/mol. The van der Waals surface area contributed by atoms with Gasteiger partial charge in [-0.15, -0.1) is 0 Å². The van der Waals surface area contributed by atoms with Crippen LogP contribution in [-0.4, -0.2) is 42.8 Å². The summed E-state index contributed by atoms with van der Waals surface area (Å²) in [4.78, 5) is 22.0. The molecule has 0 saturated carbocycles. The van der Waals surface area contributed by atoms with Gasteiger partial charge in [0.1, 0.15) is 6.04 Å². The minimum atomic E-state index is -1.03. The molecule has 1 amide bonds. The minimum Gasteiger partial charge on any atom is -0.480 e. The monoisotopic (exact) mass is 218 g/mol. The van der Waals surface area contributed by atoms with Crippen molar-refractivity contribution in [1.82, 2.24) is 5.32 Å². The average molecular weight is 218 g/mol. The number of nitrogens with one attached hydrogen (secondary N) is 1. The molecule has 0 aliphatic carbocycles. The van der Waals surface area contributed by atoms with E-state index in [1.165, 1.54) is 7.11 Å². The average Bonchev–Trinajstić information content (AvgIpc) is 2.22. The van der Waals surface area contributed by atoms with E-state index < -0.39 is 12.0 Å². The first-order chi connectivity index (χ1) is 7.04. The Kier molecular flexibility index (Phi) is 6.64. The number of aliphatic carboxylic acids is 1. The number of methoxy groups -OCH3 is 1. The molecule has 15 heavy (non-hydrogen) atoms. The summed E-state index contributed by atoms with van der Waals surface area (Å²) in [7, 11) is 1.46. The number of hydrogen-bond donors (Lipinski definition) is 3. The third-order valence-corrected chi connectivity index (χ3v) is 2.05. The highest BCUT2D eigenvalue weighted by Gasteiger charge is 2.19. The zero-order valence-corrected chi connectivity index (χ0v) is 9.03. The number of carbonyl (C=O) groups excluding carboxylic acids is 1. The fraction of sp³-hybridized carbons (Fsp3) is 0.778. The standard InChI is InChI=1S/C9H18N2O4/c1-3-7(9(13)14)11-8(12)4-6(5-10)15-2/h6-7H,3-5,10H2,1-2H3,(H,11,12)(H,13,14)/t6?,7-/m1/s1. The molecule has 0 bridgehead atoms. The van der Waals surface area contributed by atoms with Crippen LogP contribution in [0.2, 0.25) is 0 Å². The van der Waals surface area contributed by atoms with Gasteiger partial charge in [0.15, 0.2) is 0 Å². The zero-order valence-electron chi connectivity index (χ0n) is 9.03. The van der Waals surface area contributed by atoms with Gasteiger partial charge in [-0.25, -0.2) is 4.79 Å². The lowest BCUT2D eigenvalue weighted by Gasteiger charge is -2.15. The molecule has 0 aromatic heterocycles. The zero-order chi connectivity index (χ0) is 11.8. The van der Waals surface area contributed by atoms with E-state index in [0.29, 0.717) is 6.42 Å². The molecule has 88 valence electrons. The SMILES string of the molecule is CC[C@@H](NC(=O)CC(CN)OC)C(=O)O. The van der Waals surface area contributed by atoms with Gasteiger partial charge in [-0.2, -0.15) is 0 Å². The van der Waals surface area contributed by atoms with Crippen molar-refractivity contribution in [3.8, 4) is 0 Å². The summed E-state index contributed by atoms with van der Waals surface area (Å²) in [6, 6.07) is -0.840. The van der Waals surface area contributed by atoms with E-state index in [-0.39, 0.29) is 25.0 Å². The van der Waals surface area contributed by atoms with Crippen LogP contribution in [0.5, 0.6) is 0 Å². The highest BCUT2D eigenvalue weighted by Crippen LogP contribution is 1.97. The van der Waals surface area contributed by atoms with E-state index in [2.05, 4.69) is 5.32 Å². The van der Waals surface area contributed by atoms with Gasteiger partial charge in [0.2, 0.25) is 5.91 Å². The summed E-state index contributed by atoms with van der Waals surface area (Å²) < 4.78 is 4.91. The number of carboxylic acid groups (broad SMARTS) is 1. The predicted octanol–water partition coefficient (Wildman–Crippen LogP) is -0.670. The first-order valence-electron chi connectivity index (χ1n) is 4.80. The molecule has 0 aromatic carbocycles. The van der Waals surface area contributed by atoms with Crippen molar-refractivity contribution >= 4 is 11.9 Å². The van der Waals surface area contributed by atoms with E-state index in [9.17, 15) is 9.59 Å². The quantitative estimate of drug-likeness (QED) is 0.526. The summed E-state index contributed by atoms with van der Waals surface area (Å²) in [5.41, 5.74) is 5.33. The summed E-state index contributed by atoms with van der Waals surface area (Å²) in [5, 5.41) is 11.1. The summed E-state index contributed by atoms with van der Waals surface area (Å²) in [6.45, 7) is 1.92. The molecule has 4 N–H and O–H groups in total. The molecule has 2 atom stereocenters. The molecule has 0 heterocycles. The first kappa shape index (κ1) is 13.9. The molecule has 1 unspecified atom stereocenters. The Morgan fingerprint density at radius 2 is 2.13 bits per heavy atom. The highest BCUT2D eigenvalue weighted by molar-refractivity contribution is 5.83. The number of ether oxygens (including phenoxy) is 1. The Morgan fingerprint density at radius 3 is 2.47 bits per heavy atom. The third kappa shape index (κ3) is 5.34. The number of nitrogens with two attached hydrogens (primary N) is 1. The number of carbonyl (C=O) groups is 2. The van der Waals surface area contributed by atoms with Crippen LogP contribution >= 0.6 is 0 Å². The fourth-order valence-electron chi connectivity index (χ4n) is 1.06. The molecule has 0 spiro atoms. The molecule has 0 saturated heterocycles. The van der Waals surface area contributed by atoms with E-state index in [1.807, 2.05) is 0 Å². The second kappa shape index (κ2) is 7.19. The van der Waals surface area contributed by atoms with Gasteiger partial charge < -0.3 is 20.9 Å². The predicted molar refractivity (Wildman–Crippen MR) is 54.3 cm³/mol. The molecule has 0 rings (SSSR count). The maximum atomic E-state index is 11.3. The Hall–Kier alpha value is -1.14. The summed E-state index contributed by atoms with van der Waals surface area (Å²) >= 11 is 0. The van der Waals surface area contributed by atoms with Crippen LogP contribution in [0.4, 0.5) is 0 Å². The van der Waals surface area contributed by atoms with Crippen LogP contribution in [0.3, 0.4) is 0 Å². The van der Waals surface area contributed by atoms with Gasteiger partial charge >= 0.3 is 5.97 Å². The number of amides is 1. The van der Waals surface area contributed by atoms with Crippen LogP contribution in [0.25, 0.3) is 0 Å². The maximum absolute atomic E-state index is 11.3. The van der Waals surface area contributed by atoms with Crippen LogP contribution in [-0.2, 0) is 14.3 Å². The van der Waals surface area contributed by atoms with Crippen molar-refractivity contribution in [2.75, 3.05) is 13.7 Å². The molecule has 0 fully saturated rings. The van der Waals surface area contributed by atoms with E-state index in [0.717, 1.165) is 0 Å². The molecule has 0 aromatic rings. The number of rotatable bonds is 7. The maximum Gasteiger partial charge on any atom is 0.326 e. The lowest BCUT2D eigenvalue weighted by molar-refractivity contribution is -0.142. The van der Waals surface area contributed by atoms with Crippen molar-refractivity contribution in [2.24, 2.45) is 5.73 Å². The fourth-order valence-corrected chi connectivity index (χ4v) is 1.06. The van der Waals surface area contributed by atoms with Gasteiger partial charge in [-0.05, 0) is 6.42 Å². The van der Waals surface area contributed by atoms with Crippen molar-refractivity contribution in [3.05, 3.63) is 0 Å². The lowest BCUT2D eigenvalue weighted by Crippen LogP contribution is -2.42. The molecular formula is C9H18N2O4. The lowest BCUT2D eigenvalue weighted by atomic mass is 10.2. The van der Waals surface area contributed by atoms with Gasteiger partial charge in [-0.3, -0.25) is 4.79 Å². The third-order valence-electron chi connectivity index (χ3n) is 2.05. The van der Waals surface area contributed by atoms with Gasteiger partial charge in [0.05, 0.1) is 12.5 Å². The number of carboxylic acids is 1. The second-order valence-corrected chi connectivity index (χ2v) is 3.16. The minimum absolute atomic E-state index is 0.0801. The van der Waals surface area contributed by atoms with Crippen LogP contribution in [0, 0.1) is 0 Å². The van der Waals surface area contributed by atoms with Crippen molar-refractivity contribution in [1.29, 1.82) is 0 Å². The van der Waals surface area contributed by atoms with E-state index in [1.54, 1.807) is 6.92 Å². The Labute approximate surface area is 88.8 Å². The normalized spacial score (nSPS) is 14.3. The largest absolute Gasteiger partial charge is 0.480 e. The van der Waals surface area contributed by atoms with Gasteiger partial charge in [-0.1, -0.05) is 6.92 Å². The Balaban J connectivity index is 4.06. The van der Waals surface area contributed by atoms with Crippen molar-refractivity contribution in [2.45, 2.75) is 31.9 Å². The Bertz CT molecular complexity index is 216. The summed E-state index contributed by atoms with van der Waals surface area (Å²) in [6.07, 6.45) is 0.0642. The van der Waals surface area contributed by atoms with E-state index >= 15 is 0 Å².